The molecule has 1 aromatic carbocycles. The summed E-state index contributed by atoms with van der Waals surface area (Å²) in [6, 6.07) is 9.24. The molecule has 3 N–H and O–H groups in total. The quantitative estimate of drug-likeness (QED) is 0.868. The predicted molar refractivity (Wildman–Crippen MR) is 71.4 cm³/mol. The summed E-state index contributed by atoms with van der Waals surface area (Å²) >= 11 is 0. The first-order valence-corrected chi connectivity index (χ1v) is 6.10. The molecule has 18 heavy (non-hydrogen) atoms. The fourth-order valence-electron chi connectivity index (χ4n) is 1.63. The van der Waals surface area contributed by atoms with Crippen LogP contribution in [0.5, 0.6) is 0 Å². The van der Waals surface area contributed by atoms with Crippen LogP contribution in [0.25, 0.3) is 11.0 Å². The first kappa shape index (κ1) is 12.6. The Labute approximate surface area is 106 Å². The lowest BCUT2D eigenvalue weighted by Gasteiger charge is -2.15. The van der Waals surface area contributed by atoms with E-state index in [4.69, 9.17) is 10.2 Å². The molecule has 4 nitrogen and oxygen atoms in total. The number of para-hydroxylation sites is 1. The summed E-state index contributed by atoms with van der Waals surface area (Å²) in [4.78, 5) is 11.9. The molecule has 1 heterocycles. The summed E-state index contributed by atoms with van der Waals surface area (Å²) in [5.74, 6) is 0.440. The first-order valence-electron chi connectivity index (χ1n) is 6.10. The normalized spacial score (nSPS) is 12.9. The van der Waals surface area contributed by atoms with Gasteiger partial charge in [0.15, 0.2) is 5.76 Å². The van der Waals surface area contributed by atoms with Gasteiger partial charge in [0, 0.05) is 18.0 Å². The van der Waals surface area contributed by atoms with E-state index in [0.29, 0.717) is 18.2 Å². The van der Waals surface area contributed by atoms with Gasteiger partial charge in [0.1, 0.15) is 5.58 Å². The minimum atomic E-state index is -0.220. The predicted octanol–water partition coefficient (Wildman–Crippen LogP) is 2.15. The molecule has 0 spiro atoms. The van der Waals surface area contributed by atoms with Crippen LogP contribution in [0, 0.1) is 5.92 Å². The van der Waals surface area contributed by atoms with Gasteiger partial charge in [-0.05, 0) is 18.1 Å². The number of nitrogens with one attached hydrogen (secondary N) is 1. The topological polar surface area (TPSA) is 68.3 Å². The lowest BCUT2D eigenvalue weighted by molar-refractivity contribution is 0.0923. The second-order valence-corrected chi connectivity index (χ2v) is 4.77. The molecule has 2 rings (SSSR count). The van der Waals surface area contributed by atoms with Crippen LogP contribution in [-0.2, 0) is 0 Å². The smallest absolute Gasteiger partial charge is 0.287 e. The van der Waals surface area contributed by atoms with Crippen LogP contribution >= 0.6 is 0 Å². The second kappa shape index (κ2) is 5.23. The van der Waals surface area contributed by atoms with Gasteiger partial charge < -0.3 is 15.5 Å². The third-order valence-electron chi connectivity index (χ3n) is 3.00. The number of furan rings is 1. The summed E-state index contributed by atoms with van der Waals surface area (Å²) < 4.78 is 5.47. The SMILES string of the molecule is CC(C)[C@H](N)CNC(=O)c1cc2ccccc2o1. The number of hydrogen-bond acceptors (Lipinski definition) is 3. The molecule has 0 aliphatic heterocycles. The van der Waals surface area contributed by atoms with Crippen molar-refractivity contribution < 1.29 is 9.21 Å². The molecule has 0 aliphatic rings. The number of benzene rings is 1. The molecule has 2 aromatic rings. The molecule has 1 aromatic heterocycles. The van der Waals surface area contributed by atoms with Crippen molar-refractivity contribution in [1.82, 2.24) is 5.32 Å². The van der Waals surface area contributed by atoms with Gasteiger partial charge in [-0.15, -0.1) is 0 Å². The van der Waals surface area contributed by atoms with Gasteiger partial charge in [0.05, 0.1) is 0 Å². The minimum absolute atomic E-state index is 0.0432. The van der Waals surface area contributed by atoms with E-state index in [1.165, 1.54) is 0 Å². The van der Waals surface area contributed by atoms with Crippen LogP contribution in [0.4, 0.5) is 0 Å². The fraction of sp³-hybridized carbons (Fsp3) is 0.357. The van der Waals surface area contributed by atoms with Crippen LogP contribution in [0.2, 0.25) is 0 Å². The number of amides is 1. The van der Waals surface area contributed by atoms with Gasteiger partial charge in [0.25, 0.3) is 5.91 Å². The highest BCUT2D eigenvalue weighted by molar-refractivity contribution is 5.96. The maximum absolute atomic E-state index is 11.9. The maximum atomic E-state index is 11.9. The van der Waals surface area contributed by atoms with Crippen molar-refractivity contribution in [2.45, 2.75) is 19.9 Å². The summed E-state index contributed by atoms with van der Waals surface area (Å²) in [5.41, 5.74) is 6.59. The van der Waals surface area contributed by atoms with E-state index >= 15 is 0 Å². The average molecular weight is 246 g/mol. The van der Waals surface area contributed by atoms with Gasteiger partial charge >= 0.3 is 0 Å². The van der Waals surface area contributed by atoms with E-state index < -0.39 is 0 Å². The Morgan fingerprint density at radius 2 is 2.11 bits per heavy atom. The molecule has 0 unspecified atom stereocenters. The van der Waals surface area contributed by atoms with Crippen molar-refractivity contribution in [3.05, 3.63) is 36.1 Å². The highest BCUT2D eigenvalue weighted by Crippen LogP contribution is 2.18. The van der Waals surface area contributed by atoms with Gasteiger partial charge in [-0.2, -0.15) is 0 Å². The average Bonchev–Trinajstić information content (AvgIpc) is 2.79. The van der Waals surface area contributed by atoms with Crippen molar-refractivity contribution in [2.75, 3.05) is 6.54 Å². The van der Waals surface area contributed by atoms with E-state index in [9.17, 15) is 4.79 Å². The molecule has 0 radical (unpaired) electrons. The summed E-state index contributed by atoms with van der Waals surface area (Å²) in [6.45, 7) is 4.50. The Balaban J connectivity index is 2.05. The lowest BCUT2D eigenvalue weighted by atomic mass is 10.1. The molecule has 0 fully saturated rings. The Kier molecular flexibility index (Phi) is 3.67. The molecule has 96 valence electrons. The van der Waals surface area contributed by atoms with Crippen molar-refractivity contribution in [3.63, 3.8) is 0 Å². The zero-order valence-electron chi connectivity index (χ0n) is 10.6. The lowest BCUT2D eigenvalue weighted by Crippen LogP contribution is -2.40. The van der Waals surface area contributed by atoms with Crippen LogP contribution in [0.15, 0.2) is 34.7 Å². The highest BCUT2D eigenvalue weighted by atomic mass is 16.3. The van der Waals surface area contributed by atoms with Crippen LogP contribution in [0.1, 0.15) is 24.4 Å². The fourth-order valence-corrected chi connectivity index (χ4v) is 1.63. The Bertz CT molecular complexity index is 512. The minimum Gasteiger partial charge on any atom is -0.451 e. The van der Waals surface area contributed by atoms with E-state index in [1.54, 1.807) is 6.07 Å². The summed E-state index contributed by atoms with van der Waals surface area (Å²) in [5, 5.41) is 3.71. The number of carbonyl (C=O) groups is 1. The van der Waals surface area contributed by atoms with E-state index in [0.717, 1.165) is 11.0 Å². The van der Waals surface area contributed by atoms with Crippen LogP contribution in [-0.4, -0.2) is 18.5 Å². The van der Waals surface area contributed by atoms with Gasteiger partial charge in [0.2, 0.25) is 0 Å². The van der Waals surface area contributed by atoms with Crippen molar-refractivity contribution >= 4 is 16.9 Å². The van der Waals surface area contributed by atoms with Crippen LogP contribution in [0.3, 0.4) is 0 Å². The number of nitrogens with two attached hydrogens (primary N) is 1. The van der Waals surface area contributed by atoms with Gasteiger partial charge in [-0.25, -0.2) is 0 Å². The van der Waals surface area contributed by atoms with E-state index in [2.05, 4.69) is 5.32 Å². The monoisotopic (exact) mass is 246 g/mol. The molecular formula is C14H18N2O2. The summed E-state index contributed by atoms with van der Waals surface area (Å²) in [6.07, 6.45) is 0. The molecule has 0 aliphatic carbocycles. The number of rotatable bonds is 4. The molecule has 4 heteroatoms. The van der Waals surface area contributed by atoms with Crippen molar-refractivity contribution in [3.8, 4) is 0 Å². The number of fused-ring (bicyclic) bond motifs is 1. The summed E-state index contributed by atoms with van der Waals surface area (Å²) in [7, 11) is 0. The second-order valence-electron chi connectivity index (χ2n) is 4.77. The zero-order chi connectivity index (χ0) is 13.1. The highest BCUT2D eigenvalue weighted by Gasteiger charge is 2.14. The standard InChI is InChI=1S/C14H18N2O2/c1-9(2)11(15)8-16-14(17)13-7-10-5-3-4-6-12(10)18-13/h3-7,9,11H,8,15H2,1-2H3,(H,16,17)/t11-/m1/s1. The Hall–Kier alpha value is -1.81. The first-order chi connectivity index (χ1) is 8.58. The van der Waals surface area contributed by atoms with E-state index in [-0.39, 0.29) is 11.9 Å². The van der Waals surface area contributed by atoms with Crippen molar-refractivity contribution in [2.24, 2.45) is 11.7 Å². The molecule has 1 amide bonds. The molecule has 0 saturated heterocycles. The third kappa shape index (κ3) is 2.71. The maximum Gasteiger partial charge on any atom is 0.287 e. The number of hydrogen-bond donors (Lipinski definition) is 2. The molecule has 1 atom stereocenters. The number of carbonyl (C=O) groups excluding carboxylic acids is 1. The molecular weight excluding hydrogens is 228 g/mol. The van der Waals surface area contributed by atoms with Crippen molar-refractivity contribution in [1.29, 1.82) is 0 Å². The Morgan fingerprint density at radius 3 is 2.78 bits per heavy atom. The third-order valence-corrected chi connectivity index (χ3v) is 3.00. The van der Waals surface area contributed by atoms with E-state index in [1.807, 2.05) is 38.1 Å². The largest absolute Gasteiger partial charge is 0.451 e. The van der Waals surface area contributed by atoms with Crippen LogP contribution < -0.4 is 11.1 Å². The molecule has 0 saturated carbocycles. The zero-order valence-corrected chi connectivity index (χ0v) is 10.6. The molecule has 0 bridgehead atoms. The van der Waals surface area contributed by atoms with Gasteiger partial charge in [-0.1, -0.05) is 32.0 Å². The Morgan fingerprint density at radius 1 is 1.39 bits per heavy atom. The van der Waals surface area contributed by atoms with Gasteiger partial charge in [-0.3, -0.25) is 4.79 Å².